The molecule has 0 radical (unpaired) electrons. The molecular weight excluding hydrogens is 308 g/mol. The third-order valence-corrected chi connectivity index (χ3v) is 3.95. The quantitative estimate of drug-likeness (QED) is 0.733. The van der Waals surface area contributed by atoms with Crippen molar-refractivity contribution in [1.82, 2.24) is 9.97 Å². The van der Waals surface area contributed by atoms with Crippen LogP contribution in [0.3, 0.4) is 0 Å². The molecule has 1 N–H and O–H groups in total. The van der Waals surface area contributed by atoms with Crippen molar-refractivity contribution in [2.24, 2.45) is 11.8 Å². The fraction of sp³-hybridized carbons (Fsp3) is 0.524. The fourth-order valence-electron chi connectivity index (χ4n) is 2.73. The predicted molar refractivity (Wildman–Crippen MR) is 107 cm³/mol. The van der Waals surface area contributed by atoms with Gasteiger partial charge in [0.2, 0.25) is 5.95 Å². The summed E-state index contributed by atoms with van der Waals surface area (Å²) in [7, 11) is 2.07. The van der Waals surface area contributed by atoms with Crippen molar-refractivity contribution in [1.29, 1.82) is 0 Å². The van der Waals surface area contributed by atoms with Crippen LogP contribution >= 0.6 is 0 Å². The molecule has 2 aromatic rings. The van der Waals surface area contributed by atoms with Crippen LogP contribution in [0, 0.1) is 11.8 Å². The molecule has 2 rings (SSSR count). The van der Waals surface area contributed by atoms with Crippen LogP contribution in [-0.2, 0) is 12.8 Å². The summed E-state index contributed by atoms with van der Waals surface area (Å²) < 4.78 is 0. The molecule has 0 aliphatic rings. The Hall–Kier alpha value is -2.10. The van der Waals surface area contributed by atoms with Crippen LogP contribution < -0.4 is 10.2 Å². The van der Waals surface area contributed by atoms with Crippen molar-refractivity contribution in [3.8, 4) is 0 Å². The minimum absolute atomic E-state index is 0.577. The van der Waals surface area contributed by atoms with Crippen LogP contribution in [0.25, 0.3) is 0 Å². The van der Waals surface area contributed by atoms with Crippen molar-refractivity contribution in [3.63, 3.8) is 0 Å². The normalized spacial score (nSPS) is 11.2. The Balaban J connectivity index is 2.16. The Morgan fingerprint density at radius 3 is 2.32 bits per heavy atom. The van der Waals surface area contributed by atoms with Gasteiger partial charge in [0, 0.05) is 31.9 Å². The zero-order valence-electron chi connectivity index (χ0n) is 16.3. The van der Waals surface area contributed by atoms with E-state index in [1.165, 1.54) is 5.56 Å². The minimum Gasteiger partial charge on any atom is -0.370 e. The van der Waals surface area contributed by atoms with Crippen LogP contribution in [-0.4, -0.2) is 30.1 Å². The monoisotopic (exact) mass is 340 g/mol. The molecule has 4 heteroatoms. The van der Waals surface area contributed by atoms with Gasteiger partial charge in [0.1, 0.15) is 5.82 Å². The van der Waals surface area contributed by atoms with Gasteiger partial charge >= 0.3 is 0 Å². The van der Waals surface area contributed by atoms with Gasteiger partial charge in [0.05, 0.1) is 0 Å². The molecule has 0 amide bonds. The standard InChI is InChI=1S/C21H32N4/c1-16(2)14-22-20-13-19(12-11-18-9-7-6-8-10-18)23-21(24-20)25(5)15-17(3)4/h6-10,13,16-17H,11-12,14-15H2,1-5H3,(H,22,23,24). The van der Waals surface area contributed by atoms with Gasteiger partial charge in [-0.15, -0.1) is 0 Å². The van der Waals surface area contributed by atoms with E-state index in [0.29, 0.717) is 11.8 Å². The Morgan fingerprint density at radius 2 is 1.68 bits per heavy atom. The molecule has 0 aliphatic heterocycles. The molecule has 0 bridgehead atoms. The third-order valence-electron chi connectivity index (χ3n) is 3.95. The molecule has 1 aromatic heterocycles. The lowest BCUT2D eigenvalue weighted by Gasteiger charge is -2.21. The maximum atomic E-state index is 4.80. The maximum absolute atomic E-state index is 4.80. The summed E-state index contributed by atoms with van der Waals surface area (Å²) in [5.74, 6) is 2.90. The summed E-state index contributed by atoms with van der Waals surface area (Å²) in [6.45, 7) is 10.7. The van der Waals surface area contributed by atoms with Crippen LogP contribution in [0.2, 0.25) is 0 Å². The first-order chi connectivity index (χ1) is 11.9. The van der Waals surface area contributed by atoms with Gasteiger partial charge in [-0.3, -0.25) is 0 Å². The average molecular weight is 341 g/mol. The third kappa shape index (κ3) is 6.73. The summed E-state index contributed by atoms with van der Waals surface area (Å²) in [6, 6.07) is 12.7. The number of anilines is 2. The van der Waals surface area contributed by atoms with E-state index >= 15 is 0 Å². The van der Waals surface area contributed by atoms with Crippen molar-refractivity contribution in [2.75, 3.05) is 30.4 Å². The van der Waals surface area contributed by atoms with Crippen LogP contribution in [0.1, 0.15) is 39.0 Å². The molecule has 136 valence electrons. The number of nitrogens with one attached hydrogen (secondary N) is 1. The lowest BCUT2D eigenvalue weighted by Crippen LogP contribution is -2.25. The average Bonchev–Trinajstić information content (AvgIpc) is 2.58. The Morgan fingerprint density at radius 1 is 0.960 bits per heavy atom. The molecule has 0 saturated heterocycles. The van der Waals surface area contributed by atoms with E-state index in [1.807, 2.05) is 0 Å². The molecule has 1 aromatic carbocycles. The highest BCUT2D eigenvalue weighted by Gasteiger charge is 2.11. The van der Waals surface area contributed by atoms with Gasteiger partial charge in [0.15, 0.2) is 0 Å². The number of aryl methyl sites for hydroxylation is 2. The topological polar surface area (TPSA) is 41.1 Å². The summed E-state index contributed by atoms with van der Waals surface area (Å²) in [5, 5.41) is 3.45. The van der Waals surface area contributed by atoms with E-state index in [4.69, 9.17) is 9.97 Å². The number of aromatic nitrogens is 2. The molecule has 1 heterocycles. The lowest BCUT2D eigenvalue weighted by atomic mass is 10.1. The minimum atomic E-state index is 0.577. The molecule has 0 aliphatic carbocycles. The lowest BCUT2D eigenvalue weighted by molar-refractivity contribution is 0.628. The Kier molecular flexibility index (Phi) is 7.23. The highest BCUT2D eigenvalue weighted by Crippen LogP contribution is 2.16. The highest BCUT2D eigenvalue weighted by atomic mass is 15.2. The second kappa shape index (κ2) is 9.40. The number of nitrogens with zero attached hydrogens (tertiary/aromatic N) is 3. The largest absolute Gasteiger partial charge is 0.370 e. The van der Waals surface area contributed by atoms with Gasteiger partial charge in [-0.25, -0.2) is 4.98 Å². The predicted octanol–water partition coefficient (Wildman–Crippen LogP) is 4.42. The summed E-state index contributed by atoms with van der Waals surface area (Å²) >= 11 is 0. The molecule has 0 saturated carbocycles. The summed E-state index contributed by atoms with van der Waals surface area (Å²) in [5.41, 5.74) is 2.44. The summed E-state index contributed by atoms with van der Waals surface area (Å²) in [4.78, 5) is 11.7. The smallest absolute Gasteiger partial charge is 0.227 e. The van der Waals surface area contributed by atoms with Crippen molar-refractivity contribution in [2.45, 2.75) is 40.5 Å². The van der Waals surface area contributed by atoms with Crippen LogP contribution in [0.4, 0.5) is 11.8 Å². The maximum Gasteiger partial charge on any atom is 0.227 e. The number of rotatable bonds is 9. The molecule has 0 atom stereocenters. The van der Waals surface area contributed by atoms with Gasteiger partial charge in [0.25, 0.3) is 0 Å². The first-order valence-electron chi connectivity index (χ1n) is 9.31. The molecule has 0 fully saturated rings. The fourth-order valence-corrected chi connectivity index (χ4v) is 2.73. The second-order valence-electron chi connectivity index (χ2n) is 7.58. The first-order valence-corrected chi connectivity index (χ1v) is 9.31. The van der Waals surface area contributed by atoms with E-state index in [-0.39, 0.29) is 0 Å². The van der Waals surface area contributed by atoms with E-state index < -0.39 is 0 Å². The van der Waals surface area contributed by atoms with Crippen molar-refractivity contribution in [3.05, 3.63) is 47.7 Å². The van der Waals surface area contributed by atoms with Crippen LogP contribution in [0.15, 0.2) is 36.4 Å². The van der Waals surface area contributed by atoms with Gasteiger partial charge in [-0.05, 0) is 30.2 Å². The van der Waals surface area contributed by atoms with Crippen molar-refractivity contribution < 1.29 is 0 Å². The summed E-state index contributed by atoms with van der Waals surface area (Å²) in [6.07, 6.45) is 1.92. The molecule has 25 heavy (non-hydrogen) atoms. The zero-order chi connectivity index (χ0) is 18.2. The van der Waals surface area contributed by atoms with Gasteiger partial charge < -0.3 is 10.2 Å². The number of hydrogen-bond donors (Lipinski definition) is 1. The van der Waals surface area contributed by atoms with E-state index in [0.717, 1.165) is 43.4 Å². The van der Waals surface area contributed by atoms with Crippen LogP contribution in [0.5, 0.6) is 0 Å². The van der Waals surface area contributed by atoms with E-state index in [2.05, 4.69) is 81.4 Å². The molecule has 0 unspecified atom stereocenters. The SMILES string of the molecule is CC(C)CNc1cc(CCc2ccccc2)nc(N(C)CC(C)C)n1. The second-order valence-corrected chi connectivity index (χ2v) is 7.58. The van der Waals surface area contributed by atoms with Gasteiger partial charge in [-0.2, -0.15) is 4.98 Å². The molecule has 4 nitrogen and oxygen atoms in total. The van der Waals surface area contributed by atoms with Crippen molar-refractivity contribution >= 4 is 11.8 Å². The number of benzene rings is 1. The zero-order valence-corrected chi connectivity index (χ0v) is 16.3. The first kappa shape index (κ1) is 19.2. The van der Waals surface area contributed by atoms with Gasteiger partial charge in [-0.1, -0.05) is 58.0 Å². The van der Waals surface area contributed by atoms with E-state index in [1.54, 1.807) is 0 Å². The number of hydrogen-bond acceptors (Lipinski definition) is 4. The molecular formula is C21H32N4. The Labute approximate surface area is 152 Å². The highest BCUT2D eigenvalue weighted by molar-refractivity contribution is 5.43. The molecule has 0 spiro atoms. The van der Waals surface area contributed by atoms with E-state index in [9.17, 15) is 0 Å². The Bertz CT molecular complexity index is 638.